The van der Waals surface area contributed by atoms with Crippen molar-refractivity contribution < 1.29 is 31.1 Å². The van der Waals surface area contributed by atoms with Crippen LogP contribution in [0.5, 0.6) is 0 Å². The molecule has 0 N–H and O–H groups in total. The van der Waals surface area contributed by atoms with E-state index in [4.69, 9.17) is 0 Å². The number of likely N-dealkylation sites (N-methyl/N-ethyl adjacent to an activating group) is 1. The zero-order valence-corrected chi connectivity index (χ0v) is 22.6. The summed E-state index contributed by atoms with van der Waals surface area (Å²) in [6.45, 7) is 1.55. The topological polar surface area (TPSA) is 57.5 Å². The van der Waals surface area contributed by atoms with E-state index < -0.39 is 47.2 Å². The lowest BCUT2D eigenvalue weighted by Gasteiger charge is -2.51. The van der Waals surface area contributed by atoms with Crippen molar-refractivity contribution in [1.82, 2.24) is 19.7 Å². The quantitative estimate of drug-likeness (QED) is 0.387. The fraction of sp³-hybridized carbons (Fsp3) is 0.464. The first kappa shape index (κ1) is 27.6. The third-order valence-corrected chi connectivity index (χ3v) is 8.75. The highest BCUT2D eigenvalue weighted by molar-refractivity contribution is 6.11. The molecule has 7 nitrogen and oxygen atoms in total. The molecular weight excluding hydrogens is 550 g/mol. The zero-order valence-electron chi connectivity index (χ0n) is 22.6. The Morgan fingerprint density at radius 3 is 2.27 bits per heavy atom. The second-order valence-corrected chi connectivity index (χ2v) is 11.3. The van der Waals surface area contributed by atoms with Crippen LogP contribution in [-0.4, -0.2) is 57.8 Å². The highest BCUT2D eigenvalue weighted by Gasteiger charge is 2.57. The summed E-state index contributed by atoms with van der Waals surface area (Å²) in [5.74, 6) is -5.70. The Balaban J connectivity index is 1.36. The maximum atomic E-state index is 15.9. The van der Waals surface area contributed by atoms with E-state index >= 15 is 13.2 Å². The average Bonchev–Trinajstić information content (AvgIpc) is 3.51. The fourth-order valence-electron chi connectivity index (χ4n) is 6.30. The SMILES string of the molecule is CN1CC2CCC1CN2c1cc2c(c(C(F)(F)F)c1)CN(c1cccc([C@@](C)(F)C(F)(F)c3nncn3C)c1)C2=O. The third-order valence-electron chi connectivity index (χ3n) is 8.75. The van der Waals surface area contributed by atoms with Gasteiger partial charge in [-0.2, -0.15) is 22.0 Å². The Hall–Kier alpha value is -3.61. The van der Waals surface area contributed by atoms with E-state index in [2.05, 4.69) is 15.1 Å². The number of hydrogen-bond acceptors (Lipinski definition) is 5. The Morgan fingerprint density at radius 1 is 0.927 bits per heavy atom. The number of hydrogen-bond donors (Lipinski definition) is 0. The summed E-state index contributed by atoms with van der Waals surface area (Å²) in [5.41, 5.74) is -4.58. The van der Waals surface area contributed by atoms with Crippen LogP contribution in [0.2, 0.25) is 0 Å². The molecule has 0 radical (unpaired) electrons. The number of alkyl halides is 6. The molecule has 1 amide bonds. The van der Waals surface area contributed by atoms with Crippen molar-refractivity contribution in [3.05, 3.63) is 70.8 Å². The summed E-state index contributed by atoms with van der Waals surface area (Å²) in [5, 5.41) is 6.77. The smallest absolute Gasteiger partial charge is 0.366 e. The fourth-order valence-corrected chi connectivity index (χ4v) is 6.30. The van der Waals surface area contributed by atoms with Gasteiger partial charge in [0, 0.05) is 49.2 Å². The number of carbonyl (C=O) groups is 1. The second-order valence-electron chi connectivity index (χ2n) is 11.3. The van der Waals surface area contributed by atoms with Crippen molar-refractivity contribution in [2.75, 3.05) is 29.9 Å². The van der Waals surface area contributed by atoms with Gasteiger partial charge in [0.15, 0.2) is 0 Å². The molecule has 0 spiro atoms. The van der Waals surface area contributed by atoms with Crippen molar-refractivity contribution in [1.29, 1.82) is 0 Å². The Kier molecular flexibility index (Phi) is 6.18. The van der Waals surface area contributed by atoms with Gasteiger partial charge in [-0.1, -0.05) is 12.1 Å². The van der Waals surface area contributed by atoms with Crippen LogP contribution in [0.3, 0.4) is 0 Å². The largest absolute Gasteiger partial charge is 0.416 e. The molecule has 3 fully saturated rings. The molecule has 4 aliphatic heterocycles. The molecule has 0 saturated carbocycles. The number of benzene rings is 2. The van der Waals surface area contributed by atoms with Crippen LogP contribution in [0, 0.1) is 0 Å². The van der Waals surface area contributed by atoms with Crippen molar-refractivity contribution in [3.8, 4) is 0 Å². The predicted molar refractivity (Wildman–Crippen MR) is 139 cm³/mol. The summed E-state index contributed by atoms with van der Waals surface area (Å²) in [6, 6.07) is 7.75. The van der Waals surface area contributed by atoms with Gasteiger partial charge in [0.25, 0.3) is 5.91 Å². The van der Waals surface area contributed by atoms with E-state index in [1.807, 2.05) is 11.9 Å². The normalized spacial score (nSPS) is 22.8. The van der Waals surface area contributed by atoms with Crippen LogP contribution in [0.1, 0.15) is 52.6 Å². The summed E-state index contributed by atoms with van der Waals surface area (Å²) >= 11 is 0. The molecule has 2 bridgehead atoms. The summed E-state index contributed by atoms with van der Waals surface area (Å²) in [7, 11) is 3.26. The Morgan fingerprint density at radius 2 is 1.66 bits per heavy atom. The van der Waals surface area contributed by atoms with Gasteiger partial charge in [0.1, 0.15) is 6.33 Å². The summed E-state index contributed by atoms with van der Waals surface area (Å²) < 4.78 is 90.3. The molecular formula is C28H28F6N6O. The number of anilines is 2. The number of halogens is 6. The van der Waals surface area contributed by atoms with Crippen LogP contribution in [0.15, 0.2) is 42.7 Å². The van der Waals surface area contributed by atoms with Crippen molar-refractivity contribution in [2.45, 2.75) is 56.2 Å². The molecule has 2 aromatic carbocycles. The molecule has 4 aliphatic rings. The number of piperidine rings is 2. The first-order valence-corrected chi connectivity index (χ1v) is 13.2. The predicted octanol–water partition coefficient (Wildman–Crippen LogP) is 5.25. The molecule has 13 heteroatoms. The van der Waals surface area contributed by atoms with E-state index in [1.165, 1.54) is 25.2 Å². The Labute approximate surface area is 232 Å². The number of nitrogens with zero attached hydrogens (tertiary/aromatic N) is 6. The van der Waals surface area contributed by atoms with Crippen molar-refractivity contribution in [2.24, 2.45) is 7.05 Å². The lowest BCUT2D eigenvalue weighted by molar-refractivity contribution is -0.149. The first-order chi connectivity index (χ1) is 19.2. The van der Waals surface area contributed by atoms with Crippen LogP contribution >= 0.6 is 0 Å². The second kappa shape index (κ2) is 9.20. The van der Waals surface area contributed by atoms with E-state index in [-0.39, 0.29) is 28.9 Å². The monoisotopic (exact) mass is 578 g/mol. The molecule has 2 unspecified atom stereocenters. The molecule has 7 rings (SSSR count). The van der Waals surface area contributed by atoms with Gasteiger partial charge in [0.05, 0.1) is 12.1 Å². The van der Waals surface area contributed by atoms with Gasteiger partial charge >= 0.3 is 12.1 Å². The highest BCUT2D eigenvalue weighted by atomic mass is 19.4. The van der Waals surface area contributed by atoms with E-state index in [9.17, 15) is 18.0 Å². The lowest BCUT2D eigenvalue weighted by Crippen LogP contribution is -2.61. The van der Waals surface area contributed by atoms with Crippen LogP contribution in [0.25, 0.3) is 0 Å². The molecule has 3 saturated heterocycles. The van der Waals surface area contributed by atoms with Crippen LogP contribution in [-0.2, 0) is 31.4 Å². The van der Waals surface area contributed by atoms with Gasteiger partial charge in [0.2, 0.25) is 11.5 Å². The molecule has 3 atom stereocenters. The maximum Gasteiger partial charge on any atom is 0.416 e. The molecule has 5 heterocycles. The summed E-state index contributed by atoms with van der Waals surface area (Å²) in [4.78, 5) is 18.8. The van der Waals surface area contributed by atoms with E-state index in [1.54, 1.807) is 0 Å². The van der Waals surface area contributed by atoms with Gasteiger partial charge in [-0.25, -0.2) is 4.39 Å². The van der Waals surface area contributed by atoms with Gasteiger partial charge in [-0.15, -0.1) is 10.2 Å². The molecule has 218 valence electrons. The number of aryl methyl sites for hydroxylation is 1. The van der Waals surface area contributed by atoms with E-state index in [0.717, 1.165) is 53.4 Å². The maximum absolute atomic E-state index is 15.9. The number of carbonyl (C=O) groups excluding carboxylic acids is 1. The number of rotatable bonds is 5. The highest BCUT2D eigenvalue weighted by Crippen LogP contribution is 2.49. The standard InChI is InChI=1S/C28H28F6N6O/c1-26(29,27(30,31)25-36-35-15-38(25)3)16-5-4-6-17(9-16)40-14-22-21(24(40)41)10-20(11-23(22)28(32,33)34)39-13-18-7-8-19(39)12-37(18)2/h4-6,9-11,15,18-19H,7-8,12-14H2,1-3H3/t18?,19?,26-/m1/s1. The van der Waals surface area contributed by atoms with Gasteiger partial charge < -0.3 is 14.4 Å². The van der Waals surface area contributed by atoms with Gasteiger partial charge in [-0.05, 0) is 62.2 Å². The van der Waals surface area contributed by atoms with Gasteiger partial charge in [-0.3, -0.25) is 9.69 Å². The number of fused-ring (bicyclic) bond motifs is 4. The zero-order chi connectivity index (χ0) is 29.5. The summed E-state index contributed by atoms with van der Waals surface area (Å²) in [6.07, 6.45) is -1.89. The number of piperazine rings is 1. The molecule has 3 aromatic rings. The molecule has 0 aliphatic carbocycles. The van der Waals surface area contributed by atoms with E-state index in [0.29, 0.717) is 19.2 Å². The molecule has 1 aromatic heterocycles. The number of aromatic nitrogens is 3. The first-order valence-electron chi connectivity index (χ1n) is 13.2. The third kappa shape index (κ3) is 4.27. The minimum Gasteiger partial charge on any atom is -0.366 e. The molecule has 41 heavy (non-hydrogen) atoms. The minimum absolute atomic E-state index is 0.00895. The van der Waals surface area contributed by atoms with Crippen molar-refractivity contribution in [3.63, 3.8) is 0 Å². The average molecular weight is 579 g/mol. The Bertz CT molecular complexity index is 1520. The lowest BCUT2D eigenvalue weighted by atomic mass is 9.90. The minimum atomic E-state index is -4.72. The number of amides is 1. The van der Waals surface area contributed by atoms with Crippen LogP contribution < -0.4 is 9.80 Å². The van der Waals surface area contributed by atoms with Crippen molar-refractivity contribution >= 4 is 17.3 Å². The van der Waals surface area contributed by atoms with Crippen LogP contribution in [0.4, 0.5) is 37.7 Å².